The van der Waals surface area contributed by atoms with Crippen LogP contribution in [0.15, 0.2) is 6.33 Å². The average Bonchev–Trinajstić information content (AvgIpc) is 3.04. The zero-order chi connectivity index (χ0) is 14.3. The van der Waals surface area contributed by atoms with Crippen LogP contribution in [-0.4, -0.2) is 50.6 Å². The quantitative estimate of drug-likeness (QED) is 0.804. The standard InChI is InChI=1S/C13H17N3O4/c1-7-2-8(5-20-7)12(17)16-4-10-9(14-6-15-10)3-11(16)13(18)19/h6-8,11H,2-5H2,1H3,(H,14,15)(H,18,19). The minimum atomic E-state index is -0.987. The molecule has 1 amide bonds. The lowest BCUT2D eigenvalue weighted by molar-refractivity contribution is -0.153. The van der Waals surface area contributed by atoms with Crippen molar-refractivity contribution in [2.45, 2.75) is 38.5 Å². The number of hydrogen-bond acceptors (Lipinski definition) is 4. The van der Waals surface area contributed by atoms with Gasteiger partial charge in [-0.3, -0.25) is 4.79 Å². The fourth-order valence-electron chi connectivity index (χ4n) is 2.91. The van der Waals surface area contributed by atoms with Gasteiger partial charge in [0.15, 0.2) is 0 Å². The summed E-state index contributed by atoms with van der Waals surface area (Å²) in [5.41, 5.74) is 1.56. The molecule has 0 bridgehead atoms. The highest BCUT2D eigenvalue weighted by atomic mass is 16.5. The molecule has 1 saturated heterocycles. The number of fused-ring (bicyclic) bond motifs is 1. The summed E-state index contributed by atoms with van der Waals surface area (Å²) in [6.07, 6.45) is 2.50. The molecule has 20 heavy (non-hydrogen) atoms. The fraction of sp³-hybridized carbons (Fsp3) is 0.615. The molecule has 7 heteroatoms. The summed E-state index contributed by atoms with van der Waals surface area (Å²) in [6, 6.07) is -0.839. The molecule has 3 rings (SSSR count). The number of carbonyl (C=O) groups is 2. The molecule has 3 unspecified atom stereocenters. The van der Waals surface area contributed by atoms with E-state index >= 15 is 0 Å². The van der Waals surface area contributed by atoms with Gasteiger partial charge in [-0.15, -0.1) is 0 Å². The van der Waals surface area contributed by atoms with E-state index < -0.39 is 12.0 Å². The number of aromatic nitrogens is 2. The van der Waals surface area contributed by atoms with Crippen molar-refractivity contribution in [3.63, 3.8) is 0 Å². The summed E-state index contributed by atoms with van der Waals surface area (Å²) in [5.74, 6) is -1.36. The number of nitrogens with zero attached hydrogens (tertiary/aromatic N) is 2. The number of rotatable bonds is 2. The summed E-state index contributed by atoms with van der Waals surface area (Å²) < 4.78 is 5.41. The smallest absolute Gasteiger partial charge is 0.326 e. The molecule has 3 heterocycles. The van der Waals surface area contributed by atoms with Crippen LogP contribution in [0.2, 0.25) is 0 Å². The predicted molar refractivity (Wildman–Crippen MR) is 67.8 cm³/mol. The molecule has 2 N–H and O–H groups in total. The molecule has 108 valence electrons. The number of aliphatic carboxylic acids is 1. The molecule has 0 radical (unpaired) electrons. The molecular formula is C13H17N3O4. The van der Waals surface area contributed by atoms with Gasteiger partial charge < -0.3 is 19.7 Å². The molecule has 1 fully saturated rings. The monoisotopic (exact) mass is 279 g/mol. The van der Waals surface area contributed by atoms with Gasteiger partial charge in [-0.25, -0.2) is 9.78 Å². The summed E-state index contributed by atoms with van der Waals surface area (Å²) in [5, 5.41) is 9.35. The van der Waals surface area contributed by atoms with Crippen LogP contribution < -0.4 is 0 Å². The molecule has 0 saturated carbocycles. The lowest BCUT2D eigenvalue weighted by Crippen LogP contribution is -2.50. The first-order valence-corrected chi connectivity index (χ1v) is 6.72. The Hall–Kier alpha value is -1.89. The van der Waals surface area contributed by atoms with Crippen LogP contribution in [0, 0.1) is 5.92 Å². The van der Waals surface area contributed by atoms with Crippen LogP contribution in [0.3, 0.4) is 0 Å². The van der Waals surface area contributed by atoms with Crippen molar-refractivity contribution in [1.29, 1.82) is 0 Å². The largest absolute Gasteiger partial charge is 0.480 e. The SMILES string of the molecule is CC1CC(C(=O)N2Cc3[nH]cnc3CC2C(=O)O)CO1. The highest BCUT2D eigenvalue weighted by Gasteiger charge is 2.40. The minimum Gasteiger partial charge on any atom is -0.480 e. The summed E-state index contributed by atoms with van der Waals surface area (Å²) in [4.78, 5) is 32.5. The number of amides is 1. The molecule has 0 aliphatic carbocycles. The number of carboxylic acid groups (broad SMARTS) is 1. The molecule has 0 spiro atoms. The second kappa shape index (κ2) is 4.90. The van der Waals surface area contributed by atoms with Gasteiger partial charge in [0.2, 0.25) is 5.91 Å². The maximum Gasteiger partial charge on any atom is 0.326 e. The Morgan fingerprint density at radius 3 is 3.00 bits per heavy atom. The molecule has 1 aromatic heterocycles. The summed E-state index contributed by atoms with van der Waals surface area (Å²) in [7, 11) is 0. The first-order chi connectivity index (χ1) is 9.56. The fourth-order valence-corrected chi connectivity index (χ4v) is 2.91. The Morgan fingerprint density at radius 2 is 2.35 bits per heavy atom. The third kappa shape index (κ3) is 2.18. The van der Waals surface area contributed by atoms with Crippen LogP contribution in [-0.2, 0) is 27.3 Å². The van der Waals surface area contributed by atoms with Crippen LogP contribution in [0.5, 0.6) is 0 Å². The van der Waals surface area contributed by atoms with Crippen molar-refractivity contribution in [3.05, 3.63) is 17.7 Å². The van der Waals surface area contributed by atoms with Gasteiger partial charge in [0, 0.05) is 6.42 Å². The van der Waals surface area contributed by atoms with Crippen molar-refractivity contribution >= 4 is 11.9 Å². The van der Waals surface area contributed by atoms with E-state index in [1.807, 2.05) is 6.92 Å². The summed E-state index contributed by atoms with van der Waals surface area (Å²) >= 11 is 0. The molecule has 3 atom stereocenters. The average molecular weight is 279 g/mol. The van der Waals surface area contributed by atoms with Crippen LogP contribution in [0.1, 0.15) is 24.7 Å². The van der Waals surface area contributed by atoms with E-state index in [0.29, 0.717) is 13.0 Å². The first kappa shape index (κ1) is 13.1. The highest BCUT2D eigenvalue weighted by Crippen LogP contribution is 2.27. The molecule has 2 aliphatic rings. The van der Waals surface area contributed by atoms with E-state index in [-0.39, 0.29) is 30.9 Å². The molecule has 1 aromatic rings. The Bertz CT molecular complexity index is 541. The number of nitrogens with one attached hydrogen (secondary N) is 1. The minimum absolute atomic E-state index is 0.0553. The topological polar surface area (TPSA) is 95.5 Å². The second-order valence-corrected chi connectivity index (χ2v) is 5.43. The lowest BCUT2D eigenvalue weighted by atomic mass is 9.98. The third-order valence-electron chi connectivity index (χ3n) is 4.01. The number of H-pyrrole nitrogens is 1. The van der Waals surface area contributed by atoms with Gasteiger partial charge in [-0.05, 0) is 13.3 Å². The number of ether oxygens (including phenoxy) is 1. The van der Waals surface area contributed by atoms with Crippen LogP contribution in [0.25, 0.3) is 0 Å². The van der Waals surface area contributed by atoms with E-state index in [1.54, 1.807) is 0 Å². The normalized spacial score (nSPS) is 29.2. The highest BCUT2D eigenvalue weighted by molar-refractivity contribution is 5.86. The zero-order valence-corrected chi connectivity index (χ0v) is 11.2. The van der Waals surface area contributed by atoms with E-state index in [2.05, 4.69) is 9.97 Å². The Kier molecular flexibility index (Phi) is 3.21. The Morgan fingerprint density at radius 1 is 1.55 bits per heavy atom. The second-order valence-electron chi connectivity index (χ2n) is 5.43. The molecular weight excluding hydrogens is 262 g/mol. The van der Waals surface area contributed by atoms with Gasteiger partial charge in [0.05, 0.1) is 42.9 Å². The molecule has 7 nitrogen and oxygen atoms in total. The Labute approximate surface area is 115 Å². The van der Waals surface area contributed by atoms with Crippen LogP contribution >= 0.6 is 0 Å². The number of carboxylic acids is 1. The number of aromatic amines is 1. The van der Waals surface area contributed by atoms with Gasteiger partial charge in [0.25, 0.3) is 0 Å². The van der Waals surface area contributed by atoms with Crippen LogP contribution in [0.4, 0.5) is 0 Å². The predicted octanol–water partition coefficient (Wildman–Crippen LogP) is 0.173. The molecule has 2 aliphatic heterocycles. The van der Waals surface area contributed by atoms with Crippen molar-refractivity contribution in [1.82, 2.24) is 14.9 Å². The zero-order valence-electron chi connectivity index (χ0n) is 11.2. The lowest BCUT2D eigenvalue weighted by Gasteiger charge is -2.33. The van der Waals surface area contributed by atoms with E-state index in [4.69, 9.17) is 4.74 Å². The van der Waals surface area contributed by atoms with Crippen molar-refractivity contribution < 1.29 is 19.4 Å². The number of carbonyl (C=O) groups excluding carboxylic acids is 1. The van der Waals surface area contributed by atoms with Crippen molar-refractivity contribution in [2.75, 3.05) is 6.61 Å². The van der Waals surface area contributed by atoms with E-state index in [1.165, 1.54) is 11.2 Å². The maximum atomic E-state index is 12.5. The van der Waals surface area contributed by atoms with Gasteiger partial charge in [0.1, 0.15) is 6.04 Å². The van der Waals surface area contributed by atoms with Gasteiger partial charge in [-0.2, -0.15) is 0 Å². The molecule has 0 aromatic carbocycles. The third-order valence-corrected chi connectivity index (χ3v) is 4.01. The van der Waals surface area contributed by atoms with Crippen molar-refractivity contribution in [2.24, 2.45) is 5.92 Å². The summed E-state index contributed by atoms with van der Waals surface area (Å²) in [6.45, 7) is 2.57. The van der Waals surface area contributed by atoms with Crippen molar-refractivity contribution in [3.8, 4) is 0 Å². The number of imidazole rings is 1. The van der Waals surface area contributed by atoms with E-state index in [9.17, 15) is 14.7 Å². The first-order valence-electron chi connectivity index (χ1n) is 6.72. The maximum absolute atomic E-state index is 12.5. The van der Waals surface area contributed by atoms with Gasteiger partial charge in [-0.1, -0.05) is 0 Å². The number of hydrogen-bond donors (Lipinski definition) is 2. The van der Waals surface area contributed by atoms with Gasteiger partial charge >= 0.3 is 5.97 Å². The van der Waals surface area contributed by atoms with E-state index in [0.717, 1.165) is 11.4 Å². The Balaban J connectivity index is 1.83.